The van der Waals surface area contributed by atoms with E-state index < -0.39 is 10.0 Å². The van der Waals surface area contributed by atoms with Crippen LogP contribution in [0.25, 0.3) is 0 Å². The average molecular weight is 476 g/mol. The Morgan fingerprint density at radius 3 is 2.26 bits per heavy atom. The lowest BCUT2D eigenvalue weighted by atomic mass is 10.1. The zero-order valence-electron chi connectivity index (χ0n) is 17.2. The molecule has 0 radical (unpaired) electrons. The van der Waals surface area contributed by atoms with E-state index in [4.69, 9.17) is 28.6 Å². The molecule has 0 amide bonds. The number of aryl methyl sites for hydroxylation is 2. The summed E-state index contributed by atoms with van der Waals surface area (Å²) in [5.74, 6) is 0.398. The first-order chi connectivity index (χ1) is 14.7. The van der Waals surface area contributed by atoms with Crippen LogP contribution in [0.2, 0.25) is 5.02 Å². The van der Waals surface area contributed by atoms with Crippen LogP contribution in [0.5, 0.6) is 5.75 Å². The molecule has 6 nitrogen and oxygen atoms in total. The van der Waals surface area contributed by atoms with E-state index in [1.165, 1.54) is 24.8 Å². The fraction of sp³-hybridized carbons (Fsp3) is 0.136. The quantitative estimate of drug-likeness (QED) is 0.404. The number of para-hydroxylation sites is 2. The van der Waals surface area contributed by atoms with E-state index in [1.807, 2.05) is 32.0 Å². The number of rotatable bonds is 6. The predicted molar refractivity (Wildman–Crippen MR) is 131 cm³/mol. The van der Waals surface area contributed by atoms with Gasteiger partial charge in [0.05, 0.1) is 17.8 Å². The van der Waals surface area contributed by atoms with Crippen LogP contribution in [0.1, 0.15) is 11.1 Å². The summed E-state index contributed by atoms with van der Waals surface area (Å²) in [5.41, 5.74) is 3.94. The minimum absolute atomic E-state index is 0.0842. The Morgan fingerprint density at radius 1 is 0.935 bits per heavy atom. The van der Waals surface area contributed by atoms with Crippen molar-refractivity contribution in [3.8, 4) is 5.75 Å². The smallest absolute Gasteiger partial charge is 0.263 e. The minimum atomic E-state index is -3.97. The molecule has 0 fully saturated rings. The summed E-state index contributed by atoms with van der Waals surface area (Å²) in [6, 6.07) is 17.2. The number of hydrogen-bond donors (Lipinski definition) is 3. The van der Waals surface area contributed by atoms with Crippen molar-refractivity contribution in [2.75, 3.05) is 22.5 Å². The van der Waals surface area contributed by atoms with Crippen molar-refractivity contribution in [1.82, 2.24) is 0 Å². The Labute approximate surface area is 192 Å². The number of hydrogen-bond acceptors (Lipinski definition) is 4. The number of ether oxygens (including phenoxy) is 1. The number of nitrogens with one attached hydrogen (secondary N) is 3. The monoisotopic (exact) mass is 475 g/mol. The summed E-state index contributed by atoms with van der Waals surface area (Å²) in [4.78, 5) is -0.0842. The molecule has 0 aromatic heterocycles. The van der Waals surface area contributed by atoms with Crippen molar-refractivity contribution in [2.24, 2.45) is 0 Å². The second-order valence-electron chi connectivity index (χ2n) is 6.83. The molecule has 0 unspecified atom stereocenters. The standard InChI is InChI=1S/C22H22ClN3O3S2/c1-14-8-9-16(12-15(14)2)24-22(30)25-17-10-11-18(23)21(13-17)31(27,28)26-19-6-4-5-7-20(19)29-3/h4-13,26H,1-3H3,(H2,24,25,30). The maximum absolute atomic E-state index is 13.0. The van der Waals surface area contributed by atoms with Gasteiger partial charge in [-0.15, -0.1) is 0 Å². The van der Waals surface area contributed by atoms with Crippen molar-refractivity contribution in [3.63, 3.8) is 0 Å². The minimum Gasteiger partial charge on any atom is -0.495 e. The summed E-state index contributed by atoms with van der Waals surface area (Å²) >= 11 is 11.6. The lowest BCUT2D eigenvalue weighted by Gasteiger charge is -2.15. The fourth-order valence-electron chi connectivity index (χ4n) is 2.83. The Bertz CT molecular complexity index is 1230. The Kier molecular flexibility index (Phi) is 7.04. The number of methoxy groups -OCH3 is 1. The summed E-state index contributed by atoms with van der Waals surface area (Å²) in [7, 11) is -2.50. The van der Waals surface area contributed by atoms with Gasteiger partial charge in [0.2, 0.25) is 0 Å². The highest BCUT2D eigenvalue weighted by Gasteiger charge is 2.20. The highest BCUT2D eigenvalue weighted by atomic mass is 35.5. The van der Waals surface area contributed by atoms with E-state index >= 15 is 0 Å². The van der Waals surface area contributed by atoms with Gasteiger partial charge in [-0.25, -0.2) is 8.42 Å². The molecule has 3 rings (SSSR count). The van der Waals surface area contributed by atoms with Crippen molar-refractivity contribution in [2.45, 2.75) is 18.7 Å². The van der Waals surface area contributed by atoms with Gasteiger partial charge in [-0.05, 0) is 79.7 Å². The summed E-state index contributed by atoms with van der Waals surface area (Å²) in [6.07, 6.45) is 0. The topological polar surface area (TPSA) is 79.5 Å². The number of benzene rings is 3. The highest BCUT2D eigenvalue weighted by Crippen LogP contribution is 2.30. The van der Waals surface area contributed by atoms with E-state index in [0.717, 1.165) is 11.3 Å². The third kappa shape index (κ3) is 5.66. The van der Waals surface area contributed by atoms with Crippen LogP contribution >= 0.6 is 23.8 Å². The number of thiocarbonyl (C=S) groups is 1. The van der Waals surface area contributed by atoms with E-state index in [-0.39, 0.29) is 9.92 Å². The molecule has 0 saturated carbocycles. The summed E-state index contributed by atoms with van der Waals surface area (Å²) in [6.45, 7) is 4.05. The normalized spacial score (nSPS) is 11.0. The fourth-order valence-corrected chi connectivity index (χ4v) is 4.66. The van der Waals surface area contributed by atoms with Gasteiger partial charge in [-0.3, -0.25) is 4.72 Å². The number of anilines is 3. The van der Waals surface area contributed by atoms with E-state index in [0.29, 0.717) is 22.2 Å². The first-order valence-corrected chi connectivity index (χ1v) is 11.6. The van der Waals surface area contributed by atoms with Gasteiger partial charge in [-0.1, -0.05) is 29.8 Å². The maximum atomic E-state index is 13.0. The molecule has 0 spiro atoms. The lowest BCUT2D eigenvalue weighted by molar-refractivity contribution is 0.417. The Hall–Kier alpha value is -2.81. The van der Waals surface area contributed by atoms with Gasteiger partial charge in [-0.2, -0.15) is 0 Å². The highest BCUT2D eigenvalue weighted by molar-refractivity contribution is 7.92. The molecule has 3 aromatic rings. The van der Waals surface area contributed by atoms with Gasteiger partial charge in [0.15, 0.2) is 5.11 Å². The van der Waals surface area contributed by atoms with Crippen LogP contribution in [0.4, 0.5) is 17.1 Å². The van der Waals surface area contributed by atoms with Crippen molar-refractivity contribution in [1.29, 1.82) is 0 Å². The third-order valence-corrected chi connectivity index (χ3v) is 6.65. The third-order valence-electron chi connectivity index (χ3n) is 4.59. The van der Waals surface area contributed by atoms with Gasteiger partial charge in [0, 0.05) is 11.4 Å². The molecule has 0 heterocycles. The van der Waals surface area contributed by atoms with E-state index in [9.17, 15) is 8.42 Å². The second kappa shape index (κ2) is 9.55. The van der Waals surface area contributed by atoms with Crippen molar-refractivity contribution >= 4 is 56.0 Å². The molecule has 0 atom stereocenters. The van der Waals surface area contributed by atoms with Gasteiger partial charge in [0.1, 0.15) is 10.6 Å². The molecule has 31 heavy (non-hydrogen) atoms. The summed E-state index contributed by atoms with van der Waals surface area (Å²) in [5, 5.41) is 6.50. The number of halogens is 1. The van der Waals surface area contributed by atoms with E-state index in [2.05, 4.69) is 15.4 Å². The number of sulfonamides is 1. The lowest BCUT2D eigenvalue weighted by Crippen LogP contribution is -2.20. The van der Waals surface area contributed by atoms with Crippen LogP contribution in [0.15, 0.2) is 65.6 Å². The second-order valence-corrected chi connectivity index (χ2v) is 9.30. The predicted octanol–water partition coefficient (Wildman–Crippen LogP) is 5.58. The first kappa shape index (κ1) is 22.9. The van der Waals surface area contributed by atoms with Gasteiger partial charge < -0.3 is 15.4 Å². The first-order valence-electron chi connectivity index (χ1n) is 9.30. The van der Waals surface area contributed by atoms with Crippen LogP contribution in [0.3, 0.4) is 0 Å². The molecular formula is C22H22ClN3O3S2. The Morgan fingerprint density at radius 2 is 1.58 bits per heavy atom. The molecule has 9 heteroatoms. The zero-order chi connectivity index (χ0) is 22.6. The van der Waals surface area contributed by atoms with Crippen LogP contribution in [0, 0.1) is 13.8 Å². The van der Waals surface area contributed by atoms with E-state index in [1.54, 1.807) is 30.3 Å². The molecular weight excluding hydrogens is 454 g/mol. The molecule has 162 valence electrons. The maximum Gasteiger partial charge on any atom is 0.263 e. The molecule has 0 aliphatic carbocycles. The van der Waals surface area contributed by atoms with Crippen LogP contribution < -0.4 is 20.1 Å². The molecule has 3 N–H and O–H groups in total. The Balaban J connectivity index is 1.80. The van der Waals surface area contributed by atoms with Gasteiger partial charge in [0.25, 0.3) is 10.0 Å². The van der Waals surface area contributed by atoms with Gasteiger partial charge >= 0.3 is 0 Å². The van der Waals surface area contributed by atoms with Crippen LogP contribution in [-0.2, 0) is 10.0 Å². The van der Waals surface area contributed by atoms with Crippen molar-refractivity contribution < 1.29 is 13.2 Å². The average Bonchev–Trinajstić information content (AvgIpc) is 2.72. The van der Waals surface area contributed by atoms with Crippen molar-refractivity contribution in [3.05, 3.63) is 76.8 Å². The summed E-state index contributed by atoms with van der Waals surface area (Å²) < 4.78 is 33.6. The molecule has 0 aliphatic heterocycles. The molecule has 0 aliphatic rings. The molecule has 0 bridgehead atoms. The largest absolute Gasteiger partial charge is 0.495 e. The molecule has 0 saturated heterocycles. The molecule has 3 aromatic carbocycles. The SMILES string of the molecule is COc1ccccc1NS(=O)(=O)c1cc(NC(=S)Nc2ccc(C)c(C)c2)ccc1Cl. The van der Waals surface area contributed by atoms with Crippen LogP contribution in [-0.4, -0.2) is 20.6 Å². The zero-order valence-corrected chi connectivity index (χ0v) is 19.6.